The van der Waals surface area contributed by atoms with Crippen molar-refractivity contribution in [2.75, 3.05) is 13.2 Å². The number of carbonyl (C=O) groups is 1. The van der Waals surface area contributed by atoms with Crippen LogP contribution in [0.5, 0.6) is 0 Å². The Balaban J connectivity index is 1.86. The highest BCUT2D eigenvalue weighted by Crippen LogP contribution is 2.28. The zero-order valence-corrected chi connectivity index (χ0v) is 11.9. The lowest BCUT2D eigenvalue weighted by Gasteiger charge is -2.30. The lowest BCUT2D eigenvalue weighted by atomic mass is 9.79. The van der Waals surface area contributed by atoms with E-state index in [0.29, 0.717) is 18.2 Å². The second kappa shape index (κ2) is 7.21. The fourth-order valence-corrected chi connectivity index (χ4v) is 2.89. The molecule has 0 aromatic carbocycles. The summed E-state index contributed by atoms with van der Waals surface area (Å²) in [5.74, 6) is 0.308. The van der Waals surface area contributed by atoms with Crippen molar-refractivity contribution in [3.63, 3.8) is 0 Å². The second-order valence-electron chi connectivity index (χ2n) is 5.58. The summed E-state index contributed by atoms with van der Waals surface area (Å²) in [5, 5.41) is 12.2. The summed E-state index contributed by atoms with van der Waals surface area (Å²) < 4.78 is 0. The number of hydrogen-bond acceptors (Lipinski definition) is 4. The average molecular weight is 295 g/mol. The number of rotatable bonds is 5. The van der Waals surface area contributed by atoms with E-state index in [1.807, 2.05) is 0 Å². The summed E-state index contributed by atoms with van der Waals surface area (Å²) >= 11 is 0. The summed E-state index contributed by atoms with van der Waals surface area (Å²) in [7, 11) is 0. The quantitative estimate of drug-likeness (QED) is 0.587. The lowest BCUT2D eigenvalue weighted by molar-refractivity contribution is -0.120. The Labute approximate surface area is 121 Å². The van der Waals surface area contributed by atoms with Gasteiger partial charge in [0.1, 0.15) is 0 Å². The van der Waals surface area contributed by atoms with Crippen LogP contribution in [-0.2, 0) is 11.2 Å². The zero-order chi connectivity index (χ0) is 15.2. The molecule has 1 fully saturated rings. The maximum Gasteiger partial charge on any atom is 0.325 e. The van der Waals surface area contributed by atoms with Crippen molar-refractivity contribution in [3.05, 3.63) is 32.6 Å². The molecule has 2 unspecified atom stereocenters. The van der Waals surface area contributed by atoms with E-state index in [0.717, 1.165) is 25.7 Å². The SMILES string of the molecule is O=C(Cc1cc(=O)[nH]c(=O)[nH]1)NCC1CCCCC1CO. The van der Waals surface area contributed by atoms with Gasteiger partial charge in [0.2, 0.25) is 5.91 Å². The second-order valence-corrected chi connectivity index (χ2v) is 5.58. The van der Waals surface area contributed by atoms with Crippen molar-refractivity contribution in [2.45, 2.75) is 32.1 Å². The number of amides is 1. The molecule has 0 spiro atoms. The predicted octanol–water partition coefficient (Wildman–Crippen LogP) is -0.479. The molecular weight excluding hydrogens is 274 g/mol. The molecule has 0 aliphatic heterocycles. The van der Waals surface area contributed by atoms with E-state index >= 15 is 0 Å². The van der Waals surface area contributed by atoms with E-state index in [2.05, 4.69) is 15.3 Å². The minimum atomic E-state index is -0.613. The van der Waals surface area contributed by atoms with Gasteiger partial charge in [-0.05, 0) is 24.7 Å². The number of aliphatic hydroxyl groups excluding tert-OH is 1. The topological polar surface area (TPSA) is 115 Å². The summed E-state index contributed by atoms with van der Waals surface area (Å²) in [6.07, 6.45) is 4.23. The number of hydrogen-bond donors (Lipinski definition) is 4. The molecular formula is C14H21N3O4. The molecule has 2 atom stereocenters. The first-order chi connectivity index (χ1) is 10.1. The van der Waals surface area contributed by atoms with Gasteiger partial charge in [-0.2, -0.15) is 0 Å². The molecule has 1 aliphatic rings. The van der Waals surface area contributed by atoms with Gasteiger partial charge in [0.05, 0.1) is 6.42 Å². The van der Waals surface area contributed by atoms with Gasteiger partial charge >= 0.3 is 5.69 Å². The molecule has 1 aliphatic carbocycles. The van der Waals surface area contributed by atoms with E-state index in [-0.39, 0.29) is 24.9 Å². The highest BCUT2D eigenvalue weighted by molar-refractivity contribution is 5.78. The molecule has 21 heavy (non-hydrogen) atoms. The van der Waals surface area contributed by atoms with Gasteiger partial charge in [-0.25, -0.2) is 4.79 Å². The third-order valence-electron chi connectivity index (χ3n) is 4.03. The van der Waals surface area contributed by atoms with Gasteiger partial charge in [0, 0.05) is 24.9 Å². The standard InChI is InChI=1S/C14H21N3O4/c18-8-10-4-2-1-3-9(10)7-15-12(19)5-11-6-13(20)17-14(21)16-11/h6,9-10,18H,1-5,7-8H2,(H,15,19)(H2,16,17,20,21). The van der Waals surface area contributed by atoms with Crippen LogP contribution in [0, 0.1) is 11.8 Å². The first-order valence-electron chi connectivity index (χ1n) is 7.28. The van der Waals surface area contributed by atoms with Crippen molar-refractivity contribution in [3.8, 4) is 0 Å². The van der Waals surface area contributed by atoms with Gasteiger partial charge in [-0.1, -0.05) is 12.8 Å². The molecule has 116 valence electrons. The Morgan fingerprint density at radius 2 is 1.95 bits per heavy atom. The summed E-state index contributed by atoms with van der Waals surface area (Å²) in [6, 6.07) is 1.21. The fraction of sp³-hybridized carbons (Fsp3) is 0.643. The Morgan fingerprint density at radius 1 is 1.24 bits per heavy atom. The molecule has 4 N–H and O–H groups in total. The van der Waals surface area contributed by atoms with Crippen molar-refractivity contribution in [2.24, 2.45) is 11.8 Å². The molecule has 1 aromatic heterocycles. The molecule has 1 heterocycles. The highest BCUT2D eigenvalue weighted by atomic mass is 16.3. The van der Waals surface area contributed by atoms with E-state index in [1.54, 1.807) is 0 Å². The van der Waals surface area contributed by atoms with Crippen LogP contribution in [0.15, 0.2) is 15.7 Å². The van der Waals surface area contributed by atoms with E-state index in [4.69, 9.17) is 0 Å². The Morgan fingerprint density at radius 3 is 2.62 bits per heavy atom. The van der Waals surface area contributed by atoms with Crippen LogP contribution in [0.4, 0.5) is 0 Å². The van der Waals surface area contributed by atoms with E-state index in [1.165, 1.54) is 6.07 Å². The third-order valence-corrected chi connectivity index (χ3v) is 4.03. The van der Waals surface area contributed by atoms with Crippen LogP contribution in [0.2, 0.25) is 0 Å². The molecule has 0 radical (unpaired) electrons. The normalized spacial score (nSPS) is 22.0. The third kappa shape index (κ3) is 4.56. The number of aromatic amines is 2. The minimum absolute atomic E-state index is 0.0321. The van der Waals surface area contributed by atoms with E-state index < -0.39 is 11.2 Å². The number of aliphatic hydroxyl groups is 1. The molecule has 0 bridgehead atoms. The average Bonchev–Trinajstić information content (AvgIpc) is 2.44. The number of nitrogens with one attached hydrogen (secondary N) is 3. The van der Waals surface area contributed by atoms with Crippen molar-refractivity contribution in [1.82, 2.24) is 15.3 Å². The Kier molecular flexibility index (Phi) is 5.32. The monoisotopic (exact) mass is 295 g/mol. The highest BCUT2D eigenvalue weighted by Gasteiger charge is 2.24. The Hall–Kier alpha value is -1.89. The van der Waals surface area contributed by atoms with Gasteiger partial charge in [-0.3, -0.25) is 14.6 Å². The molecule has 7 nitrogen and oxygen atoms in total. The molecule has 1 amide bonds. The largest absolute Gasteiger partial charge is 0.396 e. The zero-order valence-electron chi connectivity index (χ0n) is 11.9. The molecule has 0 saturated heterocycles. The fourth-order valence-electron chi connectivity index (χ4n) is 2.89. The molecule has 1 saturated carbocycles. The lowest BCUT2D eigenvalue weighted by Crippen LogP contribution is -2.36. The minimum Gasteiger partial charge on any atom is -0.396 e. The number of aromatic nitrogens is 2. The maximum atomic E-state index is 11.9. The van der Waals surface area contributed by atoms with Gasteiger partial charge in [0.25, 0.3) is 5.56 Å². The first-order valence-corrected chi connectivity index (χ1v) is 7.28. The van der Waals surface area contributed by atoms with Crippen LogP contribution in [0.3, 0.4) is 0 Å². The Bertz CT molecular complexity index is 564. The molecule has 7 heteroatoms. The van der Waals surface area contributed by atoms with Crippen molar-refractivity contribution in [1.29, 1.82) is 0 Å². The van der Waals surface area contributed by atoms with Crippen molar-refractivity contribution < 1.29 is 9.90 Å². The van der Waals surface area contributed by atoms with Gasteiger partial charge < -0.3 is 15.4 Å². The summed E-state index contributed by atoms with van der Waals surface area (Å²) in [6.45, 7) is 0.680. The maximum absolute atomic E-state index is 11.9. The summed E-state index contributed by atoms with van der Waals surface area (Å²) in [4.78, 5) is 38.6. The van der Waals surface area contributed by atoms with Crippen LogP contribution >= 0.6 is 0 Å². The predicted molar refractivity (Wildman–Crippen MR) is 76.9 cm³/mol. The van der Waals surface area contributed by atoms with Crippen LogP contribution in [0.1, 0.15) is 31.4 Å². The van der Waals surface area contributed by atoms with Crippen LogP contribution in [-0.4, -0.2) is 34.1 Å². The van der Waals surface area contributed by atoms with Gasteiger partial charge in [0.15, 0.2) is 0 Å². The van der Waals surface area contributed by atoms with Crippen LogP contribution in [0.25, 0.3) is 0 Å². The first kappa shape index (κ1) is 15.5. The van der Waals surface area contributed by atoms with Gasteiger partial charge in [-0.15, -0.1) is 0 Å². The smallest absolute Gasteiger partial charge is 0.325 e. The number of carbonyl (C=O) groups excluding carboxylic acids is 1. The summed E-state index contributed by atoms with van der Waals surface area (Å²) in [5.41, 5.74) is -0.837. The van der Waals surface area contributed by atoms with E-state index in [9.17, 15) is 19.5 Å². The number of H-pyrrole nitrogens is 2. The molecule has 1 aromatic rings. The van der Waals surface area contributed by atoms with Crippen molar-refractivity contribution >= 4 is 5.91 Å². The van der Waals surface area contributed by atoms with Crippen LogP contribution < -0.4 is 16.6 Å². The molecule has 2 rings (SSSR count).